The summed E-state index contributed by atoms with van der Waals surface area (Å²) in [4.78, 5) is 16.7. The van der Waals surface area contributed by atoms with Crippen LogP contribution >= 0.6 is 0 Å². The number of β-amino-alcohol motifs (C(OH)–C–C–N with tert-alkyl or cyclic N) is 1. The topological polar surface area (TPSA) is 92.3 Å². The van der Waals surface area contributed by atoms with Gasteiger partial charge in [-0.15, -0.1) is 0 Å². The molecule has 1 amide bonds. The van der Waals surface area contributed by atoms with Gasteiger partial charge in [-0.2, -0.15) is 0 Å². The van der Waals surface area contributed by atoms with Crippen LogP contribution in [-0.2, 0) is 10.3 Å². The number of hydrogen-bond donors (Lipinski definition) is 4. The highest BCUT2D eigenvalue weighted by molar-refractivity contribution is 5.95. The molecule has 5 aliphatic rings. The minimum absolute atomic E-state index is 0.0443. The van der Waals surface area contributed by atoms with Crippen LogP contribution in [0.25, 0.3) is 0 Å². The van der Waals surface area contributed by atoms with Gasteiger partial charge in [-0.05, 0) is 87.6 Å². The van der Waals surface area contributed by atoms with Gasteiger partial charge in [0.05, 0.1) is 24.5 Å². The van der Waals surface area contributed by atoms with Crippen molar-refractivity contribution in [2.75, 3.05) is 57.9 Å². The van der Waals surface area contributed by atoms with Gasteiger partial charge in [-0.3, -0.25) is 9.69 Å². The summed E-state index contributed by atoms with van der Waals surface area (Å²) in [7, 11) is 0. The van der Waals surface area contributed by atoms with Crippen LogP contribution in [0.4, 0.5) is 5.69 Å². The van der Waals surface area contributed by atoms with E-state index in [1.807, 2.05) is 24.3 Å². The molecule has 4 aliphatic heterocycles. The van der Waals surface area contributed by atoms with Crippen LogP contribution < -0.4 is 16.0 Å². The maximum absolute atomic E-state index is 14.0. The molecule has 4 saturated heterocycles. The van der Waals surface area contributed by atoms with Gasteiger partial charge in [-0.1, -0.05) is 126 Å². The Bertz CT molecular complexity index is 1470. The number of hydrazine groups is 1. The van der Waals surface area contributed by atoms with Crippen LogP contribution in [0, 0.1) is 5.92 Å². The Morgan fingerprint density at radius 2 is 1.39 bits per heavy atom. The fourth-order valence-electron chi connectivity index (χ4n) is 11.3. The van der Waals surface area contributed by atoms with Crippen molar-refractivity contribution in [1.82, 2.24) is 25.6 Å². The molecule has 9 heteroatoms. The zero-order chi connectivity index (χ0) is 39.2. The predicted octanol–water partition coefficient (Wildman–Crippen LogP) is 8.80. The number of ether oxygens (including phenoxy) is 1. The largest absolute Gasteiger partial charge is 0.395 e. The molecule has 4 N–H and O–H groups in total. The van der Waals surface area contributed by atoms with Crippen molar-refractivity contribution in [3.05, 3.63) is 65.7 Å². The van der Waals surface area contributed by atoms with E-state index in [-0.39, 0.29) is 30.4 Å². The maximum Gasteiger partial charge on any atom is 0.252 e. The molecule has 316 valence electrons. The van der Waals surface area contributed by atoms with E-state index in [4.69, 9.17) is 4.74 Å². The van der Waals surface area contributed by atoms with Gasteiger partial charge < -0.3 is 25.8 Å². The van der Waals surface area contributed by atoms with Gasteiger partial charge >= 0.3 is 0 Å². The fraction of sp³-hybridized carbons (Fsp3) is 0.729. The number of nitrogens with zero attached hydrogens (tertiary/aromatic N) is 3. The van der Waals surface area contributed by atoms with Crippen LogP contribution in [0.3, 0.4) is 0 Å². The Labute approximate surface area is 345 Å². The molecule has 5 fully saturated rings. The average molecular weight is 785 g/mol. The second-order valence-electron chi connectivity index (χ2n) is 18.3. The number of amides is 1. The number of carbonyl (C=O) groups excluding carboxylic acids is 1. The second-order valence-corrected chi connectivity index (χ2v) is 18.3. The quantitative estimate of drug-likeness (QED) is 0.201. The van der Waals surface area contributed by atoms with Crippen molar-refractivity contribution < 1.29 is 14.6 Å². The summed E-state index contributed by atoms with van der Waals surface area (Å²) in [5.41, 5.74) is 2.58. The molecule has 0 bridgehead atoms. The third-order valence-electron chi connectivity index (χ3n) is 14.4. The normalized spacial score (nSPS) is 27.6. The third-order valence-corrected chi connectivity index (χ3v) is 14.4. The number of aliphatic hydroxyl groups excluding tert-OH is 1. The highest BCUT2D eigenvalue weighted by Gasteiger charge is 2.50. The SMILES string of the molecule is O=C(NC1(c2ccccc2)CCOCC1)c1cccc(NCC2N(CCO)C(C3CCNC4(CCCCCCCCCCC4)C3)N3CCCCCCCCCN23)c1. The van der Waals surface area contributed by atoms with Crippen LogP contribution in [0.5, 0.6) is 0 Å². The minimum atomic E-state index is -0.435. The predicted molar refractivity (Wildman–Crippen MR) is 232 cm³/mol. The van der Waals surface area contributed by atoms with Gasteiger partial charge in [0, 0.05) is 56.2 Å². The number of benzene rings is 2. The number of fused-ring (bicyclic) bond motifs is 1. The van der Waals surface area contributed by atoms with Crippen LogP contribution in [0.1, 0.15) is 157 Å². The molecule has 0 aromatic heterocycles. The molecule has 1 aliphatic carbocycles. The first-order valence-corrected chi connectivity index (χ1v) is 23.5. The van der Waals surface area contributed by atoms with E-state index in [0.717, 1.165) is 50.3 Å². The Kier molecular flexibility index (Phi) is 16.2. The Morgan fingerprint density at radius 1 is 0.754 bits per heavy atom. The zero-order valence-electron chi connectivity index (χ0n) is 35.2. The lowest BCUT2D eigenvalue weighted by atomic mass is 9.74. The van der Waals surface area contributed by atoms with Gasteiger partial charge in [-0.25, -0.2) is 10.0 Å². The van der Waals surface area contributed by atoms with Crippen LogP contribution in [0.2, 0.25) is 0 Å². The number of hydrogen-bond acceptors (Lipinski definition) is 8. The minimum Gasteiger partial charge on any atom is -0.395 e. The molecule has 3 unspecified atom stereocenters. The van der Waals surface area contributed by atoms with E-state index in [2.05, 4.69) is 61.2 Å². The average Bonchev–Trinajstić information content (AvgIpc) is 3.49. The summed E-state index contributed by atoms with van der Waals surface area (Å²) >= 11 is 0. The highest BCUT2D eigenvalue weighted by atomic mass is 16.5. The molecule has 57 heavy (non-hydrogen) atoms. The Balaban J connectivity index is 1.11. The van der Waals surface area contributed by atoms with Crippen molar-refractivity contribution in [3.63, 3.8) is 0 Å². The van der Waals surface area contributed by atoms with E-state index in [1.165, 1.54) is 128 Å². The molecule has 1 spiro atoms. The second kappa shape index (κ2) is 21.6. The smallest absolute Gasteiger partial charge is 0.252 e. The van der Waals surface area contributed by atoms with Gasteiger partial charge in [0.2, 0.25) is 0 Å². The van der Waals surface area contributed by atoms with E-state index < -0.39 is 5.54 Å². The van der Waals surface area contributed by atoms with E-state index in [0.29, 0.717) is 31.2 Å². The Morgan fingerprint density at radius 3 is 2.05 bits per heavy atom. The number of piperidine rings is 1. The van der Waals surface area contributed by atoms with Gasteiger partial charge in [0.25, 0.3) is 5.91 Å². The molecule has 3 atom stereocenters. The molecule has 1 saturated carbocycles. The zero-order valence-corrected chi connectivity index (χ0v) is 35.2. The number of rotatable bonds is 9. The summed E-state index contributed by atoms with van der Waals surface area (Å²) in [6, 6.07) is 18.5. The number of nitrogens with one attached hydrogen (secondary N) is 3. The fourth-order valence-corrected chi connectivity index (χ4v) is 11.3. The highest BCUT2D eigenvalue weighted by Crippen LogP contribution is 2.42. The van der Waals surface area contributed by atoms with Crippen molar-refractivity contribution in [2.24, 2.45) is 5.92 Å². The molecule has 7 rings (SSSR count). The van der Waals surface area contributed by atoms with Crippen LogP contribution in [0.15, 0.2) is 54.6 Å². The first-order chi connectivity index (χ1) is 28.1. The lowest BCUT2D eigenvalue weighted by Gasteiger charge is -2.47. The third kappa shape index (κ3) is 11.2. The van der Waals surface area contributed by atoms with Crippen molar-refractivity contribution in [1.29, 1.82) is 0 Å². The summed E-state index contributed by atoms with van der Waals surface area (Å²) in [5, 5.41) is 27.7. The lowest BCUT2D eigenvalue weighted by Crippen LogP contribution is -2.57. The molecular formula is C48H76N6O3. The van der Waals surface area contributed by atoms with E-state index >= 15 is 0 Å². The van der Waals surface area contributed by atoms with E-state index in [1.54, 1.807) is 0 Å². The first-order valence-electron chi connectivity index (χ1n) is 23.5. The summed E-state index contributed by atoms with van der Waals surface area (Å²) in [5.74, 6) is 0.509. The monoisotopic (exact) mass is 785 g/mol. The van der Waals surface area contributed by atoms with Crippen molar-refractivity contribution >= 4 is 11.6 Å². The van der Waals surface area contributed by atoms with Gasteiger partial charge in [0.15, 0.2) is 0 Å². The van der Waals surface area contributed by atoms with E-state index in [9.17, 15) is 9.90 Å². The number of carbonyl (C=O) groups is 1. The number of aliphatic hydroxyl groups is 1. The molecule has 2 aromatic rings. The first kappa shape index (κ1) is 42.6. The van der Waals surface area contributed by atoms with Crippen molar-refractivity contribution in [2.45, 2.75) is 165 Å². The maximum atomic E-state index is 14.0. The summed E-state index contributed by atoms with van der Waals surface area (Å²) in [6.07, 6.45) is 28.4. The molecule has 4 heterocycles. The standard InChI is InChI=1S/C48H76N6O3/c55-34-33-52-44(39-49-43-24-20-21-40(37-43)45(56)51-48(28-35-57-36-29-48)42-22-14-13-15-23-42)53-31-18-11-7-4-8-12-19-32-54(53)46(52)41-25-30-50-47(38-41)26-16-9-5-2-1-3-6-10-17-27-47/h13-15,20-24,37,41,44,46,49-50,55H,1-12,16-19,25-36,38-39H2,(H,51,56). The molecular weight excluding hydrogens is 709 g/mol. The van der Waals surface area contributed by atoms with Gasteiger partial charge in [0.1, 0.15) is 0 Å². The van der Waals surface area contributed by atoms with Crippen molar-refractivity contribution in [3.8, 4) is 0 Å². The number of anilines is 1. The van der Waals surface area contributed by atoms with Crippen LogP contribution in [-0.4, -0.2) is 96.3 Å². The summed E-state index contributed by atoms with van der Waals surface area (Å²) in [6.45, 7) is 6.07. The lowest BCUT2D eigenvalue weighted by molar-refractivity contribution is -0.0533. The molecule has 0 radical (unpaired) electrons. The summed E-state index contributed by atoms with van der Waals surface area (Å²) < 4.78 is 5.74. The Hall–Kier alpha value is -2.53. The molecule has 2 aromatic carbocycles. The molecule has 9 nitrogen and oxygen atoms in total.